The molecule has 0 saturated carbocycles. The number of halogens is 2. The normalized spacial score (nSPS) is 24.2. The summed E-state index contributed by atoms with van der Waals surface area (Å²) in [7, 11) is -0.933. The van der Waals surface area contributed by atoms with E-state index >= 15 is 0 Å². The van der Waals surface area contributed by atoms with Gasteiger partial charge in [-0.1, -0.05) is 0 Å². The van der Waals surface area contributed by atoms with Crippen LogP contribution in [0.3, 0.4) is 0 Å². The summed E-state index contributed by atoms with van der Waals surface area (Å²) in [6, 6.07) is 18.3. The third-order valence-electron chi connectivity index (χ3n) is 6.45. The van der Waals surface area contributed by atoms with Gasteiger partial charge in [0.05, 0.1) is 0 Å². The van der Waals surface area contributed by atoms with Crippen molar-refractivity contribution in [3.63, 3.8) is 0 Å². The Morgan fingerprint density at radius 3 is 1.58 bits per heavy atom. The SMILES string of the molecule is C[Si]1(C)[CH2][Hf+2]([CH]2C=Cc3ccccc32)([CH]2C=Cc3ccccc32)[CH2]1.[Cl-].[Cl-]. The second kappa shape index (κ2) is 7.20. The molecule has 1 fully saturated rings. The average molecular weight is 566 g/mol. The zero-order chi connectivity index (χ0) is 16.4. The molecule has 134 valence electrons. The Morgan fingerprint density at radius 1 is 0.731 bits per heavy atom. The summed E-state index contributed by atoms with van der Waals surface area (Å²) in [6.07, 6.45) is 10.0. The fourth-order valence-corrected chi connectivity index (χ4v) is 68.2. The van der Waals surface area contributed by atoms with E-state index in [0.29, 0.717) is 0 Å². The van der Waals surface area contributed by atoms with Gasteiger partial charge in [-0.15, -0.1) is 0 Å². The topological polar surface area (TPSA) is 0 Å². The zero-order valence-corrected chi connectivity index (χ0v) is 21.4. The molecule has 0 aromatic heterocycles. The van der Waals surface area contributed by atoms with Crippen LogP contribution in [0.5, 0.6) is 0 Å². The third kappa shape index (κ3) is 2.98. The molecule has 2 atom stereocenters. The Hall–Kier alpha value is -0.413. The van der Waals surface area contributed by atoms with Crippen LogP contribution in [0.25, 0.3) is 12.2 Å². The van der Waals surface area contributed by atoms with Crippen LogP contribution in [0.1, 0.15) is 29.6 Å². The van der Waals surface area contributed by atoms with E-state index in [1.165, 1.54) is 11.1 Å². The van der Waals surface area contributed by atoms with Crippen LogP contribution in [0, 0.1) is 0 Å². The molecule has 2 aromatic carbocycles. The average Bonchev–Trinajstić information content (AvgIpc) is 3.17. The summed E-state index contributed by atoms with van der Waals surface area (Å²) in [4.78, 5) is 0. The molecule has 3 aliphatic rings. The zero-order valence-electron chi connectivity index (χ0n) is 15.3. The van der Waals surface area contributed by atoms with Gasteiger partial charge in [0, 0.05) is 0 Å². The number of rotatable bonds is 2. The largest absolute Gasteiger partial charge is 1.00 e. The minimum absolute atomic E-state index is 0. The maximum absolute atomic E-state index is 2.63. The molecule has 2 aromatic rings. The van der Waals surface area contributed by atoms with Crippen molar-refractivity contribution in [1.82, 2.24) is 0 Å². The number of hydrogen-bond acceptors (Lipinski definition) is 0. The first-order valence-corrected chi connectivity index (χ1v) is 21.8. The fourth-order valence-electron chi connectivity index (χ4n) is 5.87. The van der Waals surface area contributed by atoms with Crippen LogP contribution in [0.2, 0.25) is 20.7 Å². The monoisotopic (exact) mass is 566 g/mol. The Labute approximate surface area is 174 Å². The Morgan fingerprint density at radius 2 is 1.15 bits per heavy atom. The van der Waals surface area contributed by atoms with E-state index in [4.69, 9.17) is 0 Å². The van der Waals surface area contributed by atoms with E-state index in [9.17, 15) is 0 Å². The number of fused-ring (bicyclic) bond motifs is 2. The van der Waals surface area contributed by atoms with E-state index in [0.717, 1.165) is 7.35 Å². The van der Waals surface area contributed by atoms with Crippen molar-refractivity contribution in [2.24, 2.45) is 0 Å². The first-order chi connectivity index (χ1) is 11.6. The van der Waals surface area contributed by atoms with Crippen LogP contribution < -0.4 is 24.8 Å². The molecule has 0 spiro atoms. The summed E-state index contributed by atoms with van der Waals surface area (Å²) in [5, 5.41) is 0. The van der Waals surface area contributed by atoms with E-state index in [2.05, 4.69) is 85.9 Å². The van der Waals surface area contributed by atoms with Gasteiger partial charge in [-0.25, -0.2) is 0 Å². The molecule has 2 aliphatic carbocycles. The summed E-state index contributed by atoms with van der Waals surface area (Å²) < 4.78 is 4.92. The molecule has 1 saturated heterocycles. The summed E-state index contributed by atoms with van der Waals surface area (Å²) in [5.41, 5.74) is 6.29. The standard InChI is InChI=1S/2C9H7.C4H10Si.2ClH.Hf/c2*1-2-5-9-7-3-6-8(9)4-1;1-5(2,3)4;;;/h2*1-7H;1-2H2,3-4H3;2*1H;/q;;;;;+2/p-2. The van der Waals surface area contributed by atoms with Crippen LogP contribution in [-0.4, -0.2) is 8.07 Å². The second-order valence-corrected chi connectivity index (χ2v) is 34.7. The molecule has 0 N–H and O–H groups in total. The molecule has 0 amide bonds. The van der Waals surface area contributed by atoms with Crippen molar-refractivity contribution in [2.75, 3.05) is 0 Å². The van der Waals surface area contributed by atoms with E-state index < -0.39 is 28.0 Å². The summed E-state index contributed by atoms with van der Waals surface area (Å²) in [6.45, 7) is 5.25. The molecular weight excluding hydrogens is 542 g/mol. The number of benzene rings is 2. The van der Waals surface area contributed by atoms with Crippen molar-refractivity contribution in [3.8, 4) is 0 Å². The van der Waals surface area contributed by atoms with Crippen LogP contribution in [-0.2, 0) is 20.0 Å². The van der Waals surface area contributed by atoms with Crippen molar-refractivity contribution in [2.45, 2.75) is 28.0 Å². The molecular formula is C22H24Cl2HfSi. The van der Waals surface area contributed by atoms with Gasteiger partial charge in [0.2, 0.25) is 0 Å². The molecule has 1 heterocycles. The van der Waals surface area contributed by atoms with E-state index in [-0.39, 0.29) is 24.8 Å². The Kier molecular flexibility index (Phi) is 5.63. The van der Waals surface area contributed by atoms with Gasteiger partial charge < -0.3 is 24.8 Å². The minimum atomic E-state index is -2.52. The van der Waals surface area contributed by atoms with Gasteiger partial charge in [0.15, 0.2) is 0 Å². The Bertz CT molecular complexity index is 816. The minimum Gasteiger partial charge on any atom is -1.00 e. The second-order valence-electron chi connectivity index (χ2n) is 8.68. The van der Waals surface area contributed by atoms with E-state index in [1.807, 2.05) is 0 Å². The van der Waals surface area contributed by atoms with Gasteiger partial charge in [-0.05, 0) is 0 Å². The van der Waals surface area contributed by atoms with Gasteiger partial charge in [0.25, 0.3) is 0 Å². The summed E-state index contributed by atoms with van der Waals surface area (Å²) in [5.74, 6) is 0. The molecule has 1 aliphatic heterocycles. The predicted molar refractivity (Wildman–Crippen MR) is 104 cm³/mol. The molecule has 0 radical (unpaired) electrons. The first-order valence-electron chi connectivity index (χ1n) is 9.13. The third-order valence-corrected chi connectivity index (χ3v) is 57.0. The fraction of sp³-hybridized carbons (Fsp3) is 0.273. The maximum Gasteiger partial charge on any atom is -1.00 e. The molecule has 0 bridgehead atoms. The molecule has 4 heteroatoms. The first kappa shape index (κ1) is 20.3. The van der Waals surface area contributed by atoms with Crippen molar-refractivity contribution in [3.05, 3.63) is 82.9 Å². The quantitative estimate of drug-likeness (QED) is 0.461. The summed E-state index contributed by atoms with van der Waals surface area (Å²) >= 11 is -2.52. The maximum atomic E-state index is 2.63. The van der Waals surface area contributed by atoms with Crippen LogP contribution in [0.4, 0.5) is 0 Å². The predicted octanol–water partition coefficient (Wildman–Crippen LogP) is 0.322. The van der Waals surface area contributed by atoms with E-state index in [1.54, 1.807) is 18.7 Å². The number of allylic oxidation sites excluding steroid dienone is 2. The molecule has 5 rings (SSSR count). The van der Waals surface area contributed by atoms with Gasteiger partial charge >= 0.3 is 151 Å². The van der Waals surface area contributed by atoms with Crippen LogP contribution >= 0.6 is 0 Å². The van der Waals surface area contributed by atoms with Gasteiger partial charge in [-0.3, -0.25) is 0 Å². The van der Waals surface area contributed by atoms with Crippen molar-refractivity contribution in [1.29, 1.82) is 0 Å². The Balaban J connectivity index is 0.000000980. The molecule has 2 unspecified atom stereocenters. The molecule has 26 heavy (non-hydrogen) atoms. The van der Waals surface area contributed by atoms with Crippen molar-refractivity contribution < 1.29 is 44.8 Å². The molecule has 0 nitrogen and oxygen atoms in total. The van der Waals surface area contributed by atoms with Gasteiger partial charge in [0.1, 0.15) is 0 Å². The van der Waals surface area contributed by atoms with Gasteiger partial charge in [-0.2, -0.15) is 0 Å². The van der Waals surface area contributed by atoms with Crippen LogP contribution in [0.15, 0.2) is 60.7 Å². The number of hydrogen-bond donors (Lipinski definition) is 0. The smallest absolute Gasteiger partial charge is 1.00 e. The van der Waals surface area contributed by atoms with Crippen molar-refractivity contribution >= 4 is 20.2 Å².